The third-order valence-electron chi connectivity index (χ3n) is 10.2. The molecule has 0 N–H and O–H groups in total. The van der Waals surface area contributed by atoms with Crippen molar-refractivity contribution in [3.8, 4) is 78.7 Å². The van der Waals surface area contributed by atoms with Crippen molar-refractivity contribution in [1.82, 2.24) is 15.0 Å². The van der Waals surface area contributed by atoms with Crippen LogP contribution in [0.5, 0.6) is 0 Å². The predicted octanol–water partition coefficient (Wildman–Crippen LogP) is 13.4. The van der Waals surface area contributed by atoms with Gasteiger partial charge in [-0.25, -0.2) is 15.0 Å². The lowest BCUT2D eigenvalue weighted by Crippen LogP contribution is -2.00. The van der Waals surface area contributed by atoms with E-state index in [9.17, 15) is 0 Å². The van der Waals surface area contributed by atoms with E-state index in [1.807, 2.05) is 54.6 Å². The molecule has 0 saturated carbocycles. The van der Waals surface area contributed by atoms with Gasteiger partial charge in [0.15, 0.2) is 17.5 Å². The maximum absolute atomic E-state index is 6.67. The molecule has 0 spiro atoms. The molecule has 2 heterocycles. The highest BCUT2D eigenvalue weighted by molar-refractivity contribution is 6.15. The van der Waals surface area contributed by atoms with E-state index in [1.54, 1.807) is 0 Å². The smallest absolute Gasteiger partial charge is 0.164 e. The summed E-state index contributed by atoms with van der Waals surface area (Å²) in [7, 11) is 0. The summed E-state index contributed by atoms with van der Waals surface area (Å²) in [4.78, 5) is 15.3. The van der Waals surface area contributed by atoms with Gasteiger partial charge in [-0.05, 0) is 51.1 Å². The maximum Gasteiger partial charge on any atom is 0.164 e. The Kier molecular flexibility index (Phi) is 8.12. The Labute approximate surface area is 319 Å². The van der Waals surface area contributed by atoms with E-state index in [1.165, 1.54) is 22.3 Å². The molecule has 4 nitrogen and oxygen atoms in total. The lowest BCUT2D eigenvalue weighted by Gasteiger charge is -2.10. The third kappa shape index (κ3) is 6.16. The second-order valence-electron chi connectivity index (χ2n) is 13.6. The summed E-state index contributed by atoms with van der Waals surface area (Å²) in [5, 5.41) is 1.99. The highest BCUT2D eigenvalue weighted by atomic mass is 16.3. The zero-order valence-corrected chi connectivity index (χ0v) is 29.8. The first-order valence-electron chi connectivity index (χ1n) is 18.4. The van der Waals surface area contributed by atoms with Crippen molar-refractivity contribution in [2.75, 3.05) is 0 Å². The lowest BCUT2D eigenvalue weighted by molar-refractivity contribution is 0.670. The highest BCUT2D eigenvalue weighted by Crippen LogP contribution is 2.41. The van der Waals surface area contributed by atoms with Crippen molar-refractivity contribution < 1.29 is 4.42 Å². The van der Waals surface area contributed by atoms with Gasteiger partial charge in [0.25, 0.3) is 0 Å². The molecule has 55 heavy (non-hydrogen) atoms. The van der Waals surface area contributed by atoms with E-state index in [0.717, 1.165) is 60.9 Å². The van der Waals surface area contributed by atoms with Gasteiger partial charge in [-0.15, -0.1) is 0 Å². The summed E-state index contributed by atoms with van der Waals surface area (Å²) in [6, 6.07) is 69.3. The van der Waals surface area contributed by atoms with Crippen molar-refractivity contribution in [1.29, 1.82) is 0 Å². The van der Waals surface area contributed by atoms with Gasteiger partial charge < -0.3 is 4.42 Å². The SMILES string of the molecule is c1ccc(-c2ccc(-c3cccc4c3oc3cccc(-c5nc(-c6ccccc6)nc(-c6ccc(-c7cccc(-c8ccccc8)c7)cc6)n5)c34)cc2)cc1. The Morgan fingerprint density at radius 2 is 0.709 bits per heavy atom. The Bertz CT molecular complexity index is 2940. The molecule has 0 atom stereocenters. The molecule has 10 rings (SSSR count). The van der Waals surface area contributed by atoms with E-state index in [-0.39, 0.29) is 0 Å². The van der Waals surface area contributed by atoms with E-state index in [4.69, 9.17) is 19.4 Å². The van der Waals surface area contributed by atoms with Gasteiger partial charge in [-0.3, -0.25) is 0 Å². The van der Waals surface area contributed by atoms with Gasteiger partial charge in [0.1, 0.15) is 11.2 Å². The molecule has 0 saturated heterocycles. The summed E-state index contributed by atoms with van der Waals surface area (Å²) in [5.41, 5.74) is 13.5. The highest BCUT2D eigenvalue weighted by Gasteiger charge is 2.19. The first-order chi connectivity index (χ1) is 27.2. The standard InChI is InChI=1S/C51H33N3O/c1-4-13-34(14-5-1)36-25-29-38(30-26-36)43-21-11-22-44-47-45(23-12-24-46(47)55-48(43)44)51-53-49(39-17-8-3-9-18-39)52-50(54-51)40-31-27-37(28-32-40)42-20-10-19-41(33-42)35-15-6-2-7-16-35/h1-33H. The number of para-hydroxylation sites is 1. The van der Waals surface area contributed by atoms with Crippen molar-refractivity contribution in [2.24, 2.45) is 0 Å². The fourth-order valence-corrected chi connectivity index (χ4v) is 7.40. The molecular formula is C51H33N3O. The van der Waals surface area contributed by atoms with Gasteiger partial charge in [0.2, 0.25) is 0 Å². The molecule has 10 aromatic rings. The minimum atomic E-state index is 0.592. The third-order valence-corrected chi connectivity index (χ3v) is 10.2. The van der Waals surface area contributed by atoms with Gasteiger partial charge >= 0.3 is 0 Å². The Hall–Kier alpha value is -7.43. The Morgan fingerprint density at radius 1 is 0.291 bits per heavy atom. The largest absolute Gasteiger partial charge is 0.455 e. The molecule has 0 aliphatic heterocycles. The van der Waals surface area contributed by atoms with Gasteiger partial charge in [-0.1, -0.05) is 188 Å². The van der Waals surface area contributed by atoms with Crippen molar-refractivity contribution in [3.63, 3.8) is 0 Å². The number of nitrogens with zero attached hydrogens (tertiary/aromatic N) is 3. The van der Waals surface area contributed by atoms with Crippen molar-refractivity contribution >= 4 is 21.9 Å². The van der Waals surface area contributed by atoms with Crippen LogP contribution in [0.1, 0.15) is 0 Å². The average molecular weight is 704 g/mol. The minimum absolute atomic E-state index is 0.592. The molecular weight excluding hydrogens is 671 g/mol. The lowest BCUT2D eigenvalue weighted by atomic mass is 9.98. The van der Waals surface area contributed by atoms with Gasteiger partial charge in [-0.2, -0.15) is 0 Å². The van der Waals surface area contributed by atoms with Gasteiger partial charge in [0, 0.05) is 33.0 Å². The number of benzene rings is 8. The number of hydrogen-bond acceptors (Lipinski definition) is 4. The van der Waals surface area contributed by atoms with E-state index < -0.39 is 0 Å². The fourth-order valence-electron chi connectivity index (χ4n) is 7.40. The topological polar surface area (TPSA) is 51.8 Å². The van der Waals surface area contributed by atoms with Crippen molar-refractivity contribution in [3.05, 3.63) is 200 Å². The van der Waals surface area contributed by atoms with Crippen LogP contribution in [0.4, 0.5) is 0 Å². The maximum atomic E-state index is 6.67. The summed E-state index contributed by atoms with van der Waals surface area (Å²) in [5.74, 6) is 1.82. The number of furan rings is 1. The Morgan fingerprint density at radius 3 is 1.35 bits per heavy atom. The van der Waals surface area contributed by atoms with Crippen LogP contribution in [0.2, 0.25) is 0 Å². The summed E-state index contributed by atoms with van der Waals surface area (Å²) >= 11 is 0. The quantitative estimate of drug-likeness (QED) is 0.166. The molecule has 0 unspecified atom stereocenters. The molecule has 0 bridgehead atoms. The fraction of sp³-hybridized carbons (Fsp3) is 0. The first-order valence-corrected chi connectivity index (χ1v) is 18.4. The first kappa shape index (κ1) is 32.2. The summed E-state index contributed by atoms with van der Waals surface area (Å²) < 4.78 is 6.67. The molecule has 0 aliphatic carbocycles. The normalized spacial score (nSPS) is 11.3. The van der Waals surface area contributed by atoms with E-state index >= 15 is 0 Å². The molecule has 2 aromatic heterocycles. The van der Waals surface area contributed by atoms with E-state index in [0.29, 0.717) is 17.5 Å². The Balaban J connectivity index is 1.07. The number of fused-ring (bicyclic) bond motifs is 3. The molecule has 8 aromatic carbocycles. The summed E-state index contributed by atoms with van der Waals surface area (Å²) in [6.07, 6.45) is 0. The van der Waals surface area contributed by atoms with Crippen LogP contribution in [0.3, 0.4) is 0 Å². The van der Waals surface area contributed by atoms with Crippen LogP contribution >= 0.6 is 0 Å². The predicted molar refractivity (Wildman–Crippen MR) is 225 cm³/mol. The van der Waals surface area contributed by atoms with Crippen LogP contribution < -0.4 is 0 Å². The zero-order valence-electron chi connectivity index (χ0n) is 29.8. The molecule has 0 radical (unpaired) electrons. The number of hydrogen-bond donors (Lipinski definition) is 0. The second-order valence-corrected chi connectivity index (χ2v) is 13.6. The zero-order chi connectivity index (χ0) is 36.6. The summed E-state index contributed by atoms with van der Waals surface area (Å²) in [6.45, 7) is 0. The molecule has 258 valence electrons. The van der Waals surface area contributed by atoms with Crippen LogP contribution in [-0.4, -0.2) is 15.0 Å². The molecule has 0 amide bonds. The minimum Gasteiger partial charge on any atom is -0.455 e. The molecule has 0 aliphatic rings. The molecule has 4 heteroatoms. The van der Waals surface area contributed by atoms with Gasteiger partial charge in [0.05, 0.1) is 0 Å². The number of rotatable bonds is 7. The van der Waals surface area contributed by atoms with Crippen LogP contribution in [0, 0.1) is 0 Å². The monoisotopic (exact) mass is 703 g/mol. The van der Waals surface area contributed by atoms with Crippen LogP contribution in [0.25, 0.3) is 101 Å². The molecule has 0 fully saturated rings. The van der Waals surface area contributed by atoms with E-state index in [2.05, 4.69) is 146 Å². The van der Waals surface area contributed by atoms with Crippen LogP contribution in [0.15, 0.2) is 205 Å². The number of aromatic nitrogens is 3. The van der Waals surface area contributed by atoms with Crippen molar-refractivity contribution in [2.45, 2.75) is 0 Å². The van der Waals surface area contributed by atoms with Crippen LogP contribution in [-0.2, 0) is 0 Å². The average Bonchev–Trinajstić information content (AvgIpc) is 3.67. The second kappa shape index (κ2) is 13.8.